The Morgan fingerprint density at radius 1 is 0.597 bits per heavy atom. The fourth-order valence-electron chi connectivity index (χ4n) is 17.6. The molecule has 2 spiro atoms. The van der Waals surface area contributed by atoms with Gasteiger partial charge in [0.05, 0.1) is 32.0 Å². The first kappa shape index (κ1) is 56.9. The number of rotatable bonds is 5. The van der Waals surface area contributed by atoms with Crippen molar-refractivity contribution in [2.75, 3.05) is 32.2 Å². The molecule has 11 aliphatic rings. The molecule has 0 amide bonds. The van der Waals surface area contributed by atoms with Crippen LogP contribution in [0.3, 0.4) is 0 Å². The third-order valence-corrected chi connectivity index (χ3v) is 22.7. The van der Waals surface area contributed by atoms with E-state index in [0.29, 0.717) is 84.2 Å². The molecule has 0 radical (unpaired) electrons. The highest BCUT2D eigenvalue weighted by molar-refractivity contribution is 7.99. The Balaban J connectivity index is 0.000000168. The first-order valence-corrected chi connectivity index (χ1v) is 28.9. The first-order chi connectivity index (χ1) is 35.5. The van der Waals surface area contributed by atoms with Gasteiger partial charge in [0.1, 0.15) is 22.4 Å². The summed E-state index contributed by atoms with van der Waals surface area (Å²) in [5, 5.41) is 34.7. The van der Waals surface area contributed by atoms with E-state index < -0.39 is 105 Å². The van der Waals surface area contributed by atoms with Crippen molar-refractivity contribution < 1.29 is 82.9 Å². The zero-order valence-electron chi connectivity index (χ0n) is 45.2. The van der Waals surface area contributed by atoms with Gasteiger partial charge >= 0.3 is 24.2 Å². The van der Waals surface area contributed by atoms with Crippen molar-refractivity contribution in [3.05, 3.63) is 52.6 Å². The highest BCUT2D eigenvalue weighted by Gasteiger charge is 2.83. The lowest BCUT2D eigenvalue weighted by Crippen LogP contribution is -2.65. The number of allylic oxidation sites excluding steroid dienone is 2. The summed E-state index contributed by atoms with van der Waals surface area (Å²) >= 11 is 1.66. The van der Waals surface area contributed by atoms with Crippen LogP contribution in [0, 0.1) is 45.3 Å². The van der Waals surface area contributed by atoms with E-state index in [1.165, 1.54) is 13.8 Å². The Morgan fingerprint density at radius 3 is 1.66 bits per heavy atom. The maximum absolute atomic E-state index is 15.3. The summed E-state index contributed by atoms with van der Waals surface area (Å²) in [4.78, 5) is 1.04. The molecule has 8 aliphatic carbocycles. The molecule has 6 saturated carbocycles. The molecule has 9 fully saturated rings. The third-order valence-electron chi connectivity index (χ3n) is 21.8. The second kappa shape index (κ2) is 17.5. The molecular formula is C58H76F10O8S. The normalized spacial score (nSPS) is 43.3. The number of alkyl halides is 10. The van der Waals surface area contributed by atoms with Gasteiger partial charge in [0.2, 0.25) is 0 Å². The number of aliphatic hydroxyl groups is 3. The van der Waals surface area contributed by atoms with Gasteiger partial charge in [0, 0.05) is 58.2 Å². The fourth-order valence-corrected chi connectivity index (χ4v) is 18.3. The van der Waals surface area contributed by atoms with E-state index in [0.717, 1.165) is 32.9 Å². The molecule has 12 rings (SSSR count). The monoisotopic (exact) mass is 1120 g/mol. The second-order valence-electron chi connectivity index (χ2n) is 27.4. The van der Waals surface area contributed by atoms with Gasteiger partial charge in [-0.2, -0.15) is 43.9 Å². The van der Waals surface area contributed by atoms with Crippen molar-refractivity contribution in [2.45, 2.75) is 226 Å². The maximum atomic E-state index is 15.3. The van der Waals surface area contributed by atoms with Gasteiger partial charge in [0.25, 0.3) is 0 Å². The van der Waals surface area contributed by atoms with Crippen LogP contribution in [-0.2, 0) is 23.7 Å². The standard InChI is InChI=1S/C33H43F5O4S.C25H33F5O4/c1-5-43-21-8-6-20(7-9-21)23-16-28(4)24(12-15-31(28,40)32(34,35)33(36,37)38)22-10-13-29(39)17-30(14-11-25(29)26(22)23)41-18-27(2,3)19-42-30;1-18(2)13-32-21(33-14-18)10-11-22-17-5-7-19(3)16(15(17)4-8-20(22,12-21)34-22)6-9-23(19,31)24(26,27)25(28,29)30/h6-9,22-24,39-40H,5,10-19H2,1-4H3;5,15-16,31H,4,6-14H2,1-3H3/t22?,23-,24?,28+,29-,31+;15-,16-,19-,20?,22+,23-/m10/s1. The van der Waals surface area contributed by atoms with Crippen molar-refractivity contribution in [3.8, 4) is 0 Å². The molecule has 8 nitrogen and oxygen atoms in total. The molecule has 432 valence electrons. The van der Waals surface area contributed by atoms with Gasteiger partial charge in [-0.25, -0.2) is 0 Å². The van der Waals surface area contributed by atoms with E-state index >= 15 is 8.78 Å². The molecule has 19 heteroatoms. The highest BCUT2D eigenvalue weighted by Crippen LogP contribution is 2.76. The van der Waals surface area contributed by atoms with E-state index in [1.54, 1.807) is 11.8 Å². The van der Waals surface area contributed by atoms with Crippen LogP contribution in [-0.4, -0.2) is 111 Å². The lowest BCUT2D eigenvalue weighted by molar-refractivity contribution is -0.362. The summed E-state index contributed by atoms with van der Waals surface area (Å²) in [7, 11) is 0. The topological polar surface area (TPSA) is 110 Å². The molecule has 77 heavy (non-hydrogen) atoms. The van der Waals surface area contributed by atoms with Crippen molar-refractivity contribution in [1.82, 2.24) is 0 Å². The van der Waals surface area contributed by atoms with Gasteiger partial charge in [-0.15, -0.1) is 11.8 Å². The zero-order chi connectivity index (χ0) is 55.9. The Hall–Kier alpha value is -1.97. The Morgan fingerprint density at radius 2 is 1.12 bits per heavy atom. The SMILES string of the molecule is CC1(C)COC2(CC[C@]34OC3(CC[C@@H]3C4=CC[C@@]4(C)[C@H]3CC[C@@]4(O)C(F)(F)C(F)(F)F)C2)OC1.CCSc1ccc([C@H]2C[C@@]3(C)C(CC[C@@]3(O)C(F)(F)C(F)(F)F)C3CC[C@@]4(O)CC5(CCC4=C32)OCC(C)(C)CO5)cc1. The number of hydrogen-bond acceptors (Lipinski definition) is 9. The zero-order valence-corrected chi connectivity index (χ0v) is 46.0. The second-order valence-corrected chi connectivity index (χ2v) is 28.8. The predicted molar refractivity (Wildman–Crippen MR) is 265 cm³/mol. The highest BCUT2D eigenvalue weighted by atomic mass is 32.2. The number of benzene rings is 1. The van der Waals surface area contributed by atoms with Crippen LogP contribution >= 0.6 is 11.8 Å². The van der Waals surface area contributed by atoms with E-state index in [1.807, 2.05) is 37.3 Å². The molecule has 0 aromatic heterocycles. The van der Waals surface area contributed by atoms with Crippen molar-refractivity contribution in [2.24, 2.45) is 45.3 Å². The Kier molecular flexibility index (Phi) is 13.0. The van der Waals surface area contributed by atoms with E-state index in [9.17, 15) is 50.4 Å². The van der Waals surface area contributed by atoms with Gasteiger partial charge in [-0.05, 0) is 135 Å². The van der Waals surface area contributed by atoms with Crippen LogP contribution in [0.15, 0.2) is 52.0 Å². The molecule has 3 heterocycles. The number of halogens is 10. The van der Waals surface area contributed by atoms with Crippen LogP contribution in [0.4, 0.5) is 43.9 Å². The molecule has 1 aromatic carbocycles. The number of thioether (sulfide) groups is 1. The van der Waals surface area contributed by atoms with Crippen molar-refractivity contribution >= 4 is 11.8 Å². The molecule has 0 bridgehead atoms. The number of epoxide rings is 1. The van der Waals surface area contributed by atoms with Crippen LogP contribution in [0.2, 0.25) is 0 Å². The molecule has 1 aromatic rings. The number of fused-ring (bicyclic) bond motifs is 7. The smallest absolute Gasteiger partial charge is 0.385 e. The molecule has 3 unspecified atom stereocenters. The number of hydrogen-bond donors (Lipinski definition) is 3. The minimum absolute atomic E-state index is 0.0147. The minimum Gasteiger partial charge on any atom is -0.385 e. The molecular weight excluding hydrogens is 1050 g/mol. The van der Waals surface area contributed by atoms with E-state index in [2.05, 4.69) is 27.7 Å². The summed E-state index contributed by atoms with van der Waals surface area (Å²) in [6.45, 7) is 15.5. The Bertz CT molecular complexity index is 2550. The summed E-state index contributed by atoms with van der Waals surface area (Å²) in [5.74, 6) is -13.1. The quantitative estimate of drug-likeness (QED) is 0.115. The van der Waals surface area contributed by atoms with Gasteiger partial charge < -0.3 is 39.0 Å². The fraction of sp³-hybridized carbons (Fsp3) is 0.828. The third kappa shape index (κ3) is 8.08. The minimum atomic E-state index is -5.87. The van der Waals surface area contributed by atoms with E-state index in [4.69, 9.17) is 23.7 Å². The van der Waals surface area contributed by atoms with Gasteiger partial charge in [-0.1, -0.05) is 72.2 Å². The summed E-state index contributed by atoms with van der Waals surface area (Å²) < 4.78 is 173. The van der Waals surface area contributed by atoms with Crippen LogP contribution < -0.4 is 0 Å². The van der Waals surface area contributed by atoms with Crippen molar-refractivity contribution in [1.29, 1.82) is 0 Å². The molecule has 12 atom stereocenters. The van der Waals surface area contributed by atoms with E-state index in [-0.39, 0.29) is 54.8 Å². The van der Waals surface area contributed by atoms with Gasteiger partial charge in [-0.3, -0.25) is 0 Å². The molecule has 3 aliphatic heterocycles. The van der Waals surface area contributed by atoms with Crippen LogP contribution in [0.5, 0.6) is 0 Å². The average Bonchev–Trinajstić information content (AvgIpc) is 4.10. The lowest BCUT2D eigenvalue weighted by atomic mass is 9.49. The number of ether oxygens (including phenoxy) is 5. The summed E-state index contributed by atoms with van der Waals surface area (Å²) in [6.07, 6.45) is -5.52. The summed E-state index contributed by atoms with van der Waals surface area (Å²) in [6, 6.07) is 7.78. The first-order valence-electron chi connectivity index (χ1n) is 28.0. The largest absolute Gasteiger partial charge is 0.456 e. The van der Waals surface area contributed by atoms with Crippen LogP contribution in [0.25, 0.3) is 0 Å². The average molecular weight is 1120 g/mol. The molecule has 3 saturated heterocycles. The van der Waals surface area contributed by atoms with Crippen LogP contribution in [0.1, 0.15) is 163 Å². The van der Waals surface area contributed by atoms with Crippen molar-refractivity contribution in [3.63, 3.8) is 0 Å². The summed E-state index contributed by atoms with van der Waals surface area (Å²) in [5.41, 5.74) is -8.22. The Labute approximate surface area is 449 Å². The predicted octanol–water partition coefficient (Wildman–Crippen LogP) is 13.6. The lowest BCUT2D eigenvalue weighted by Gasteiger charge is -2.59. The molecule has 3 N–H and O–H groups in total. The van der Waals surface area contributed by atoms with Gasteiger partial charge in [0.15, 0.2) is 11.6 Å². The maximum Gasteiger partial charge on any atom is 0.456 e.